The van der Waals surface area contributed by atoms with Crippen LogP contribution in [0, 0.1) is 22.7 Å². The van der Waals surface area contributed by atoms with Gasteiger partial charge in [0.2, 0.25) is 0 Å². The molecule has 0 amide bonds. The van der Waals surface area contributed by atoms with Gasteiger partial charge in [0.15, 0.2) is 0 Å². The Bertz CT molecular complexity index is 633. The third-order valence-electron chi connectivity index (χ3n) is 3.25. The van der Waals surface area contributed by atoms with Crippen LogP contribution in [0.2, 0.25) is 0 Å². The molecule has 1 fully saturated rings. The van der Waals surface area contributed by atoms with E-state index in [0.717, 1.165) is 11.1 Å². The summed E-state index contributed by atoms with van der Waals surface area (Å²) in [4.78, 5) is 14.9. The maximum absolute atomic E-state index is 11.0. The number of benzene rings is 1. The fourth-order valence-electron chi connectivity index (χ4n) is 1.91. The van der Waals surface area contributed by atoms with Gasteiger partial charge in [-0.05, 0) is 30.5 Å². The van der Waals surface area contributed by atoms with Crippen LogP contribution in [0.3, 0.4) is 0 Å². The number of aromatic nitrogens is 3. The minimum Gasteiger partial charge on any atom is -0.250 e. The molecule has 0 N–H and O–H groups in total. The summed E-state index contributed by atoms with van der Waals surface area (Å²) in [6.07, 6.45) is 5.46. The molecule has 5 nitrogen and oxygen atoms in total. The highest BCUT2D eigenvalue weighted by Crippen LogP contribution is 2.27. The van der Waals surface area contributed by atoms with E-state index in [0.29, 0.717) is 12.5 Å². The highest BCUT2D eigenvalue weighted by Gasteiger charge is 2.17. The molecule has 5 heteroatoms. The first kappa shape index (κ1) is 12.5. The van der Waals surface area contributed by atoms with Crippen LogP contribution in [0.25, 0.3) is 0 Å². The molecule has 2 aromatic rings. The Kier molecular flexibility index (Phi) is 3.55. The van der Waals surface area contributed by atoms with E-state index in [-0.39, 0.29) is 0 Å². The average molecular weight is 266 g/mol. The summed E-state index contributed by atoms with van der Waals surface area (Å²) >= 11 is 0. The van der Waals surface area contributed by atoms with Crippen molar-refractivity contribution in [1.82, 2.24) is 14.8 Å². The monoisotopic (exact) mass is 266 g/mol. The standard InChI is InChI=1S/C15H14N4O/c20-18-15(9-19-11-16-10-17-19)14-7-5-13(6-8-14)4-3-12-1-2-12/h5-8,10-12,15H,1-2,9H2. The average Bonchev–Trinajstić information content (AvgIpc) is 3.18. The Hall–Kier alpha value is -2.48. The number of rotatable bonds is 4. The maximum atomic E-state index is 11.0. The van der Waals surface area contributed by atoms with Gasteiger partial charge in [0.25, 0.3) is 0 Å². The van der Waals surface area contributed by atoms with Gasteiger partial charge < -0.3 is 0 Å². The Labute approximate surface area is 117 Å². The lowest BCUT2D eigenvalue weighted by Gasteiger charge is -2.09. The molecule has 20 heavy (non-hydrogen) atoms. The zero-order chi connectivity index (χ0) is 13.8. The van der Waals surface area contributed by atoms with Gasteiger partial charge >= 0.3 is 0 Å². The van der Waals surface area contributed by atoms with Crippen LogP contribution >= 0.6 is 0 Å². The molecule has 1 unspecified atom stereocenters. The number of nitrogens with zero attached hydrogens (tertiary/aromatic N) is 4. The molecule has 100 valence electrons. The number of hydrogen-bond acceptors (Lipinski definition) is 4. The Balaban J connectivity index is 1.71. The first-order valence-corrected chi connectivity index (χ1v) is 6.61. The molecule has 0 radical (unpaired) electrons. The van der Waals surface area contributed by atoms with Gasteiger partial charge in [-0.1, -0.05) is 29.2 Å². The molecule has 1 aromatic carbocycles. The topological polar surface area (TPSA) is 60.1 Å². The fraction of sp³-hybridized carbons (Fsp3) is 0.333. The predicted octanol–water partition coefficient (Wildman–Crippen LogP) is 2.55. The van der Waals surface area contributed by atoms with Crippen LogP contribution in [0.4, 0.5) is 0 Å². The summed E-state index contributed by atoms with van der Waals surface area (Å²) in [5.41, 5.74) is 1.85. The second-order valence-electron chi connectivity index (χ2n) is 4.90. The zero-order valence-electron chi connectivity index (χ0n) is 10.9. The first-order chi connectivity index (χ1) is 9.85. The summed E-state index contributed by atoms with van der Waals surface area (Å²) in [5, 5.41) is 7.16. The number of hydrogen-bond donors (Lipinski definition) is 0. The summed E-state index contributed by atoms with van der Waals surface area (Å²) in [6.45, 7) is 0.399. The summed E-state index contributed by atoms with van der Waals surface area (Å²) in [7, 11) is 0. The van der Waals surface area contributed by atoms with E-state index in [2.05, 4.69) is 27.1 Å². The maximum Gasteiger partial charge on any atom is 0.137 e. The summed E-state index contributed by atoms with van der Waals surface area (Å²) < 4.78 is 1.60. The smallest absolute Gasteiger partial charge is 0.137 e. The molecule has 1 aliphatic carbocycles. The van der Waals surface area contributed by atoms with Crippen molar-refractivity contribution in [3.05, 3.63) is 53.0 Å². The van der Waals surface area contributed by atoms with Crippen molar-refractivity contribution < 1.29 is 0 Å². The quantitative estimate of drug-likeness (QED) is 0.631. The van der Waals surface area contributed by atoms with Crippen molar-refractivity contribution in [3.63, 3.8) is 0 Å². The molecule has 3 rings (SSSR count). The van der Waals surface area contributed by atoms with Gasteiger partial charge in [0.1, 0.15) is 18.7 Å². The minimum atomic E-state index is -0.456. The van der Waals surface area contributed by atoms with Gasteiger partial charge in [-0.2, -0.15) is 10.0 Å². The van der Waals surface area contributed by atoms with Gasteiger partial charge in [0.05, 0.1) is 6.54 Å². The van der Waals surface area contributed by atoms with E-state index in [1.807, 2.05) is 24.3 Å². The SMILES string of the molecule is O=NC(Cn1cncn1)c1ccc(C#CC2CC2)cc1. The van der Waals surface area contributed by atoms with Crippen LogP contribution in [0.5, 0.6) is 0 Å². The normalized spacial score (nSPS) is 15.2. The van der Waals surface area contributed by atoms with Gasteiger partial charge in [-0.25, -0.2) is 4.98 Å². The molecule has 0 saturated heterocycles. The highest BCUT2D eigenvalue weighted by atomic mass is 16.3. The fourth-order valence-corrected chi connectivity index (χ4v) is 1.91. The van der Waals surface area contributed by atoms with E-state index < -0.39 is 6.04 Å². The second kappa shape index (κ2) is 5.66. The largest absolute Gasteiger partial charge is 0.250 e. The van der Waals surface area contributed by atoms with E-state index in [1.54, 1.807) is 11.0 Å². The van der Waals surface area contributed by atoms with Crippen LogP contribution < -0.4 is 0 Å². The van der Waals surface area contributed by atoms with Gasteiger partial charge in [0, 0.05) is 11.5 Å². The molecular weight excluding hydrogens is 252 g/mol. The molecule has 1 saturated carbocycles. The van der Waals surface area contributed by atoms with Crippen LogP contribution in [-0.2, 0) is 6.54 Å². The lowest BCUT2D eigenvalue weighted by molar-refractivity contribution is 0.526. The van der Waals surface area contributed by atoms with Gasteiger partial charge in [-0.3, -0.25) is 4.68 Å². The van der Waals surface area contributed by atoms with Crippen LogP contribution in [0.15, 0.2) is 42.1 Å². The van der Waals surface area contributed by atoms with Gasteiger partial charge in [-0.15, -0.1) is 0 Å². The zero-order valence-corrected chi connectivity index (χ0v) is 10.9. The summed E-state index contributed by atoms with van der Waals surface area (Å²) in [6, 6.07) is 7.22. The Morgan fingerprint density at radius 2 is 2.15 bits per heavy atom. The lowest BCUT2D eigenvalue weighted by atomic mass is 10.1. The second-order valence-corrected chi connectivity index (χ2v) is 4.90. The van der Waals surface area contributed by atoms with Crippen molar-refractivity contribution in [2.75, 3.05) is 0 Å². The van der Waals surface area contributed by atoms with E-state index in [9.17, 15) is 4.91 Å². The third kappa shape index (κ3) is 3.09. The van der Waals surface area contributed by atoms with E-state index >= 15 is 0 Å². The molecule has 1 aromatic heterocycles. The van der Waals surface area contributed by atoms with E-state index in [4.69, 9.17) is 0 Å². The van der Waals surface area contributed by atoms with E-state index in [1.165, 1.54) is 19.2 Å². The first-order valence-electron chi connectivity index (χ1n) is 6.61. The predicted molar refractivity (Wildman–Crippen MR) is 74.6 cm³/mol. The molecule has 0 spiro atoms. The number of nitroso groups, excluding NO2 is 1. The van der Waals surface area contributed by atoms with Crippen LogP contribution in [0.1, 0.15) is 30.0 Å². The van der Waals surface area contributed by atoms with Crippen molar-refractivity contribution >= 4 is 0 Å². The molecule has 0 bridgehead atoms. The summed E-state index contributed by atoms with van der Waals surface area (Å²) in [5.74, 6) is 6.95. The molecule has 0 aliphatic heterocycles. The third-order valence-corrected chi connectivity index (χ3v) is 3.25. The highest BCUT2D eigenvalue weighted by molar-refractivity contribution is 5.37. The molecule has 1 heterocycles. The molecule has 1 aliphatic rings. The van der Waals surface area contributed by atoms with Crippen LogP contribution in [-0.4, -0.2) is 14.8 Å². The molecule has 1 atom stereocenters. The Morgan fingerprint density at radius 1 is 1.35 bits per heavy atom. The van der Waals surface area contributed by atoms with Crippen molar-refractivity contribution in [1.29, 1.82) is 0 Å². The van der Waals surface area contributed by atoms with Crippen molar-refractivity contribution in [3.8, 4) is 11.8 Å². The van der Waals surface area contributed by atoms with Crippen molar-refractivity contribution in [2.45, 2.75) is 25.4 Å². The van der Waals surface area contributed by atoms with Crippen molar-refractivity contribution in [2.24, 2.45) is 11.1 Å². The molecular formula is C15H14N4O. The minimum absolute atomic E-state index is 0.399. The Morgan fingerprint density at radius 3 is 2.75 bits per heavy atom. The lowest BCUT2D eigenvalue weighted by Crippen LogP contribution is -2.07.